The molecule has 0 aliphatic carbocycles. The van der Waals surface area contributed by atoms with Crippen molar-refractivity contribution in [1.82, 2.24) is 5.32 Å². The van der Waals surface area contributed by atoms with E-state index < -0.39 is 17.7 Å². The Morgan fingerprint density at radius 3 is 2.31 bits per heavy atom. The van der Waals surface area contributed by atoms with Crippen molar-refractivity contribution in [3.63, 3.8) is 0 Å². The van der Waals surface area contributed by atoms with Gasteiger partial charge in [-0.25, -0.2) is 9.59 Å². The molecule has 0 aromatic rings. The summed E-state index contributed by atoms with van der Waals surface area (Å²) >= 11 is 0. The third-order valence-electron chi connectivity index (χ3n) is 1.47. The van der Waals surface area contributed by atoms with Crippen LogP contribution in [0.1, 0.15) is 27.7 Å². The maximum absolute atomic E-state index is 11.3. The molecule has 16 heavy (non-hydrogen) atoms. The minimum absolute atomic E-state index is 0.297. The lowest BCUT2D eigenvalue weighted by Gasteiger charge is -2.20. The standard InChI is InChI=1S/C11H19NO4/c1-8(6-7-9(13)15-5)12-10(14)16-11(2,3)4/h6-8H,1-5H3,(H,12,14)/b7-6-/t8-/m1/s1. The highest BCUT2D eigenvalue weighted by Crippen LogP contribution is 2.06. The van der Waals surface area contributed by atoms with Crippen molar-refractivity contribution in [2.75, 3.05) is 7.11 Å². The molecule has 0 aromatic heterocycles. The molecule has 0 bridgehead atoms. The Bertz CT molecular complexity index is 278. The molecule has 0 fully saturated rings. The minimum Gasteiger partial charge on any atom is -0.466 e. The molecule has 0 unspecified atom stereocenters. The summed E-state index contributed by atoms with van der Waals surface area (Å²) in [4.78, 5) is 22.1. The van der Waals surface area contributed by atoms with E-state index in [-0.39, 0.29) is 6.04 Å². The van der Waals surface area contributed by atoms with E-state index in [1.165, 1.54) is 19.3 Å². The van der Waals surface area contributed by atoms with Crippen LogP contribution in [0.5, 0.6) is 0 Å². The van der Waals surface area contributed by atoms with Crippen molar-refractivity contribution in [1.29, 1.82) is 0 Å². The van der Waals surface area contributed by atoms with E-state index in [4.69, 9.17) is 4.74 Å². The van der Waals surface area contributed by atoms with Gasteiger partial charge in [0.25, 0.3) is 0 Å². The SMILES string of the molecule is COC(=O)/C=C\[C@@H](C)NC(=O)OC(C)(C)C. The van der Waals surface area contributed by atoms with Gasteiger partial charge < -0.3 is 14.8 Å². The molecule has 92 valence electrons. The molecule has 0 aliphatic heterocycles. The smallest absolute Gasteiger partial charge is 0.408 e. The summed E-state index contributed by atoms with van der Waals surface area (Å²) in [6.07, 6.45) is 2.26. The maximum atomic E-state index is 11.3. The zero-order valence-electron chi connectivity index (χ0n) is 10.4. The lowest BCUT2D eigenvalue weighted by Crippen LogP contribution is -2.36. The van der Waals surface area contributed by atoms with Gasteiger partial charge in [-0.15, -0.1) is 0 Å². The number of esters is 1. The molecule has 1 atom stereocenters. The Morgan fingerprint density at radius 2 is 1.88 bits per heavy atom. The summed E-state index contributed by atoms with van der Waals surface area (Å²) < 4.78 is 9.46. The number of carbonyl (C=O) groups excluding carboxylic acids is 2. The van der Waals surface area contributed by atoms with Gasteiger partial charge >= 0.3 is 12.1 Å². The Hall–Kier alpha value is -1.52. The quantitative estimate of drug-likeness (QED) is 0.590. The third-order valence-corrected chi connectivity index (χ3v) is 1.47. The van der Waals surface area contributed by atoms with Crippen LogP contribution in [0.15, 0.2) is 12.2 Å². The fraction of sp³-hybridized carbons (Fsp3) is 0.636. The Kier molecular flexibility index (Phi) is 5.56. The molecular weight excluding hydrogens is 210 g/mol. The normalized spacial score (nSPS) is 13.3. The van der Waals surface area contributed by atoms with Crippen LogP contribution in [0.25, 0.3) is 0 Å². The van der Waals surface area contributed by atoms with Crippen molar-refractivity contribution >= 4 is 12.1 Å². The highest BCUT2D eigenvalue weighted by molar-refractivity contribution is 5.82. The fourth-order valence-corrected chi connectivity index (χ4v) is 0.833. The number of methoxy groups -OCH3 is 1. The van der Waals surface area contributed by atoms with E-state index in [9.17, 15) is 9.59 Å². The molecule has 1 amide bonds. The van der Waals surface area contributed by atoms with Crippen LogP contribution in [-0.2, 0) is 14.3 Å². The third kappa shape index (κ3) is 7.84. The van der Waals surface area contributed by atoms with Gasteiger partial charge in [-0.1, -0.05) is 6.08 Å². The zero-order chi connectivity index (χ0) is 12.8. The average Bonchev–Trinajstić information content (AvgIpc) is 2.10. The average molecular weight is 229 g/mol. The first-order valence-corrected chi connectivity index (χ1v) is 5.00. The topological polar surface area (TPSA) is 64.6 Å². The predicted molar refractivity (Wildman–Crippen MR) is 60.0 cm³/mol. The molecule has 0 radical (unpaired) electrons. The molecule has 5 heteroatoms. The minimum atomic E-state index is -0.532. The highest BCUT2D eigenvalue weighted by atomic mass is 16.6. The molecule has 0 rings (SSSR count). The lowest BCUT2D eigenvalue weighted by atomic mass is 10.2. The molecular formula is C11H19NO4. The van der Waals surface area contributed by atoms with Crippen molar-refractivity contribution in [3.8, 4) is 0 Å². The van der Waals surface area contributed by atoms with Crippen molar-refractivity contribution in [3.05, 3.63) is 12.2 Å². The van der Waals surface area contributed by atoms with Gasteiger partial charge in [0.15, 0.2) is 0 Å². The summed E-state index contributed by atoms with van der Waals surface area (Å²) in [5.74, 6) is -0.460. The van der Waals surface area contributed by atoms with E-state index >= 15 is 0 Å². The number of nitrogens with one attached hydrogen (secondary N) is 1. The fourth-order valence-electron chi connectivity index (χ4n) is 0.833. The van der Waals surface area contributed by atoms with Gasteiger partial charge in [-0.2, -0.15) is 0 Å². The molecule has 0 aromatic carbocycles. The van der Waals surface area contributed by atoms with Crippen LogP contribution < -0.4 is 5.32 Å². The molecule has 0 aliphatic rings. The summed E-state index contributed by atoms with van der Waals surface area (Å²) in [5.41, 5.74) is -0.532. The molecule has 0 spiro atoms. The summed E-state index contributed by atoms with van der Waals surface area (Å²) in [6, 6.07) is -0.297. The lowest BCUT2D eigenvalue weighted by molar-refractivity contribution is -0.134. The highest BCUT2D eigenvalue weighted by Gasteiger charge is 2.16. The Labute approximate surface area is 95.8 Å². The maximum Gasteiger partial charge on any atom is 0.408 e. The van der Waals surface area contributed by atoms with E-state index in [0.29, 0.717) is 0 Å². The molecule has 0 saturated carbocycles. The first kappa shape index (κ1) is 14.5. The molecule has 1 N–H and O–H groups in total. The predicted octanol–water partition coefficient (Wildman–Crippen LogP) is 1.63. The Morgan fingerprint density at radius 1 is 1.31 bits per heavy atom. The summed E-state index contributed by atoms with van der Waals surface area (Å²) in [7, 11) is 1.29. The first-order valence-electron chi connectivity index (χ1n) is 5.00. The first-order chi connectivity index (χ1) is 7.24. The molecule has 0 heterocycles. The zero-order valence-corrected chi connectivity index (χ0v) is 10.4. The van der Waals surface area contributed by atoms with Crippen LogP contribution in [0.3, 0.4) is 0 Å². The number of amides is 1. The Balaban J connectivity index is 4.06. The van der Waals surface area contributed by atoms with Crippen LogP contribution in [0, 0.1) is 0 Å². The number of rotatable bonds is 3. The second-order valence-electron chi connectivity index (χ2n) is 4.32. The number of ether oxygens (including phenoxy) is 2. The van der Waals surface area contributed by atoms with Crippen molar-refractivity contribution in [2.45, 2.75) is 39.3 Å². The van der Waals surface area contributed by atoms with E-state index in [0.717, 1.165) is 0 Å². The summed E-state index contributed by atoms with van der Waals surface area (Å²) in [6.45, 7) is 7.06. The number of carbonyl (C=O) groups is 2. The van der Waals surface area contributed by atoms with Crippen LogP contribution in [-0.4, -0.2) is 30.8 Å². The van der Waals surface area contributed by atoms with Crippen LogP contribution in [0.4, 0.5) is 4.79 Å². The van der Waals surface area contributed by atoms with Gasteiger partial charge in [-0.3, -0.25) is 0 Å². The van der Waals surface area contributed by atoms with E-state index in [2.05, 4.69) is 10.1 Å². The van der Waals surface area contributed by atoms with Gasteiger partial charge in [0.05, 0.1) is 7.11 Å². The molecule has 0 saturated heterocycles. The monoisotopic (exact) mass is 229 g/mol. The van der Waals surface area contributed by atoms with Gasteiger partial charge in [-0.05, 0) is 27.7 Å². The van der Waals surface area contributed by atoms with Crippen LogP contribution >= 0.6 is 0 Å². The summed E-state index contributed by atoms with van der Waals surface area (Å²) in [5, 5.41) is 2.56. The van der Waals surface area contributed by atoms with Gasteiger partial charge in [0, 0.05) is 12.1 Å². The number of hydrogen-bond acceptors (Lipinski definition) is 4. The second kappa shape index (κ2) is 6.15. The number of hydrogen-bond donors (Lipinski definition) is 1. The van der Waals surface area contributed by atoms with Crippen LogP contribution in [0.2, 0.25) is 0 Å². The largest absolute Gasteiger partial charge is 0.466 e. The van der Waals surface area contributed by atoms with E-state index in [1.54, 1.807) is 27.7 Å². The second-order valence-corrected chi connectivity index (χ2v) is 4.32. The van der Waals surface area contributed by atoms with Gasteiger partial charge in [0.2, 0.25) is 0 Å². The van der Waals surface area contributed by atoms with E-state index in [1.807, 2.05) is 0 Å². The van der Waals surface area contributed by atoms with Crippen molar-refractivity contribution < 1.29 is 19.1 Å². The molecule has 5 nitrogen and oxygen atoms in total. The van der Waals surface area contributed by atoms with Gasteiger partial charge in [0.1, 0.15) is 5.60 Å². The number of alkyl carbamates (subject to hydrolysis) is 1. The van der Waals surface area contributed by atoms with Crippen molar-refractivity contribution in [2.24, 2.45) is 0 Å².